The van der Waals surface area contributed by atoms with Crippen molar-refractivity contribution in [2.75, 3.05) is 0 Å². The number of pyridine rings is 1. The zero-order valence-corrected chi connectivity index (χ0v) is 15.0. The maximum atomic E-state index is 14.4. The fraction of sp³-hybridized carbons (Fsp3) is 0.105. The highest BCUT2D eigenvalue weighted by molar-refractivity contribution is 7.91. The third-order valence-electron chi connectivity index (χ3n) is 3.94. The number of hydrogen-bond acceptors (Lipinski definition) is 3. The van der Waals surface area contributed by atoms with E-state index in [4.69, 9.17) is 11.6 Å². The van der Waals surface area contributed by atoms with Crippen molar-refractivity contribution in [2.24, 2.45) is 0 Å². The zero-order valence-electron chi connectivity index (χ0n) is 13.4. The first-order valence-electron chi connectivity index (χ1n) is 7.72. The van der Waals surface area contributed by atoms with Crippen molar-refractivity contribution in [3.63, 3.8) is 0 Å². The number of benzene rings is 2. The highest BCUT2D eigenvalue weighted by Crippen LogP contribution is 2.34. The standard InChI is InChI=1S/C19H14ClF2NO2S/c20-13-4-7-16(8-5-13)26(24,25)19(12-15-3-1-2-10-23-15)17-11-14(21)6-9-18(17)22/h1-11,19H,12H2. The Bertz CT molecular complexity index is 1010. The molecule has 3 aromatic rings. The molecule has 7 heteroatoms. The van der Waals surface area contributed by atoms with Gasteiger partial charge in [0.15, 0.2) is 9.84 Å². The highest BCUT2D eigenvalue weighted by Gasteiger charge is 2.32. The van der Waals surface area contributed by atoms with Crippen molar-refractivity contribution in [2.45, 2.75) is 16.6 Å². The van der Waals surface area contributed by atoms with E-state index in [1.165, 1.54) is 30.5 Å². The van der Waals surface area contributed by atoms with Gasteiger partial charge in [-0.25, -0.2) is 17.2 Å². The van der Waals surface area contributed by atoms with Gasteiger partial charge in [0, 0.05) is 28.9 Å². The molecule has 1 atom stereocenters. The number of rotatable bonds is 5. The first kappa shape index (κ1) is 18.5. The number of aromatic nitrogens is 1. The van der Waals surface area contributed by atoms with E-state index in [0.717, 1.165) is 18.2 Å². The van der Waals surface area contributed by atoms with Gasteiger partial charge >= 0.3 is 0 Å². The van der Waals surface area contributed by atoms with Gasteiger partial charge in [0.2, 0.25) is 0 Å². The maximum Gasteiger partial charge on any atom is 0.185 e. The molecule has 26 heavy (non-hydrogen) atoms. The van der Waals surface area contributed by atoms with Crippen LogP contribution in [0.25, 0.3) is 0 Å². The molecule has 1 heterocycles. The lowest BCUT2D eigenvalue weighted by Gasteiger charge is -2.19. The molecule has 0 spiro atoms. The molecular formula is C19H14ClF2NO2S. The van der Waals surface area contributed by atoms with E-state index in [1.807, 2.05) is 0 Å². The number of hydrogen-bond donors (Lipinski definition) is 0. The van der Waals surface area contributed by atoms with Crippen molar-refractivity contribution >= 4 is 21.4 Å². The lowest BCUT2D eigenvalue weighted by molar-refractivity contribution is 0.557. The summed E-state index contributed by atoms with van der Waals surface area (Å²) in [4.78, 5) is 4.09. The zero-order chi connectivity index (χ0) is 18.7. The number of sulfone groups is 1. The SMILES string of the molecule is O=S(=O)(c1ccc(Cl)cc1)C(Cc1ccccn1)c1cc(F)ccc1F. The summed E-state index contributed by atoms with van der Waals surface area (Å²) in [5.74, 6) is -1.50. The number of nitrogens with zero attached hydrogens (tertiary/aromatic N) is 1. The second-order valence-corrected chi connectivity index (χ2v) is 8.25. The highest BCUT2D eigenvalue weighted by atomic mass is 35.5. The first-order valence-corrected chi connectivity index (χ1v) is 9.64. The normalized spacial score (nSPS) is 12.7. The molecular weight excluding hydrogens is 380 g/mol. The maximum absolute atomic E-state index is 14.4. The van der Waals surface area contributed by atoms with E-state index in [2.05, 4.69) is 4.98 Å². The molecule has 0 aliphatic heterocycles. The van der Waals surface area contributed by atoms with E-state index >= 15 is 0 Å². The lowest BCUT2D eigenvalue weighted by Crippen LogP contribution is -2.18. The van der Waals surface area contributed by atoms with Crippen LogP contribution in [0.5, 0.6) is 0 Å². The predicted molar refractivity (Wildman–Crippen MR) is 95.7 cm³/mol. The average Bonchev–Trinajstić information content (AvgIpc) is 2.63. The van der Waals surface area contributed by atoms with Gasteiger partial charge < -0.3 is 0 Å². The molecule has 1 aromatic heterocycles. The molecule has 3 rings (SSSR count). The second-order valence-electron chi connectivity index (χ2n) is 5.68. The summed E-state index contributed by atoms with van der Waals surface area (Å²) < 4.78 is 54.4. The average molecular weight is 394 g/mol. The Hall–Kier alpha value is -2.31. The summed E-state index contributed by atoms with van der Waals surface area (Å²) in [5.41, 5.74) is 0.226. The molecule has 0 bridgehead atoms. The summed E-state index contributed by atoms with van der Waals surface area (Å²) in [6.07, 6.45) is 1.43. The topological polar surface area (TPSA) is 47.0 Å². The lowest BCUT2D eigenvalue weighted by atomic mass is 10.1. The van der Waals surface area contributed by atoms with Crippen LogP contribution in [-0.4, -0.2) is 13.4 Å². The van der Waals surface area contributed by atoms with Crippen LogP contribution in [0.1, 0.15) is 16.5 Å². The van der Waals surface area contributed by atoms with Crippen molar-refractivity contribution in [1.29, 1.82) is 0 Å². The minimum absolute atomic E-state index is 0.0218. The Morgan fingerprint density at radius 2 is 1.73 bits per heavy atom. The molecule has 0 fully saturated rings. The van der Waals surface area contributed by atoms with Crippen LogP contribution in [0.2, 0.25) is 5.02 Å². The van der Waals surface area contributed by atoms with Crippen LogP contribution < -0.4 is 0 Å². The second kappa shape index (κ2) is 7.51. The molecule has 0 N–H and O–H groups in total. The van der Waals surface area contributed by atoms with Gasteiger partial charge in [0.25, 0.3) is 0 Å². The van der Waals surface area contributed by atoms with Crippen molar-refractivity contribution < 1.29 is 17.2 Å². The molecule has 0 amide bonds. The van der Waals surface area contributed by atoms with Crippen LogP contribution in [0.15, 0.2) is 71.8 Å². The monoisotopic (exact) mass is 393 g/mol. The molecule has 0 saturated carbocycles. The summed E-state index contributed by atoms with van der Waals surface area (Å²) >= 11 is 5.82. The molecule has 1 unspecified atom stereocenters. The molecule has 0 saturated heterocycles. The fourth-order valence-electron chi connectivity index (χ4n) is 2.65. The molecule has 134 valence electrons. The smallest absolute Gasteiger partial charge is 0.185 e. The minimum Gasteiger partial charge on any atom is -0.261 e. The van der Waals surface area contributed by atoms with Gasteiger partial charge in [0.1, 0.15) is 11.6 Å². The summed E-state index contributed by atoms with van der Waals surface area (Å²) in [6, 6.07) is 13.4. The van der Waals surface area contributed by atoms with Gasteiger partial charge in [-0.05, 0) is 54.6 Å². The first-order chi connectivity index (χ1) is 12.4. The third-order valence-corrected chi connectivity index (χ3v) is 6.29. The van der Waals surface area contributed by atoms with E-state index in [1.54, 1.807) is 18.2 Å². The summed E-state index contributed by atoms with van der Waals surface area (Å²) in [7, 11) is -4.01. The molecule has 0 aliphatic rings. The Balaban J connectivity index is 2.13. The Morgan fingerprint density at radius 3 is 2.38 bits per heavy atom. The summed E-state index contributed by atoms with van der Waals surface area (Å²) in [6.45, 7) is 0. The largest absolute Gasteiger partial charge is 0.261 e. The van der Waals surface area contributed by atoms with Crippen LogP contribution in [0.4, 0.5) is 8.78 Å². The van der Waals surface area contributed by atoms with E-state index in [9.17, 15) is 17.2 Å². The predicted octanol–water partition coefficient (Wildman–Crippen LogP) is 4.77. The van der Waals surface area contributed by atoms with Crippen molar-refractivity contribution in [1.82, 2.24) is 4.98 Å². The van der Waals surface area contributed by atoms with E-state index in [-0.39, 0.29) is 16.9 Å². The van der Waals surface area contributed by atoms with Crippen LogP contribution in [0, 0.1) is 11.6 Å². The van der Waals surface area contributed by atoms with Crippen molar-refractivity contribution in [3.8, 4) is 0 Å². The van der Waals surface area contributed by atoms with Crippen LogP contribution in [-0.2, 0) is 16.3 Å². The van der Waals surface area contributed by atoms with E-state index in [0.29, 0.717) is 10.7 Å². The van der Waals surface area contributed by atoms with Gasteiger partial charge in [-0.3, -0.25) is 4.98 Å². The van der Waals surface area contributed by atoms with Crippen LogP contribution >= 0.6 is 11.6 Å². The van der Waals surface area contributed by atoms with Gasteiger partial charge in [0.05, 0.1) is 10.1 Å². The van der Waals surface area contributed by atoms with E-state index < -0.39 is 26.7 Å². The third kappa shape index (κ3) is 3.92. The molecule has 0 aliphatic carbocycles. The minimum atomic E-state index is -4.01. The molecule has 0 radical (unpaired) electrons. The van der Waals surface area contributed by atoms with Crippen molar-refractivity contribution in [3.05, 3.63) is 94.8 Å². The summed E-state index contributed by atoms with van der Waals surface area (Å²) in [5, 5.41) is -0.948. The van der Waals surface area contributed by atoms with Gasteiger partial charge in [-0.2, -0.15) is 0 Å². The van der Waals surface area contributed by atoms with Crippen LogP contribution in [0.3, 0.4) is 0 Å². The number of halogens is 3. The van der Waals surface area contributed by atoms with Gasteiger partial charge in [-0.1, -0.05) is 17.7 Å². The Labute approximate surface area is 155 Å². The fourth-order valence-corrected chi connectivity index (χ4v) is 4.52. The van der Waals surface area contributed by atoms with Gasteiger partial charge in [-0.15, -0.1) is 0 Å². The molecule has 2 aromatic carbocycles. The molecule has 3 nitrogen and oxygen atoms in total. The Morgan fingerprint density at radius 1 is 1.00 bits per heavy atom. The quantitative estimate of drug-likeness (QED) is 0.627. The Kier molecular flexibility index (Phi) is 5.34.